The molecule has 1 fully saturated rings. The van der Waals surface area contributed by atoms with Gasteiger partial charge in [0, 0.05) is 24.7 Å². The number of ether oxygens (including phenoxy) is 3. The van der Waals surface area contributed by atoms with E-state index in [9.17, 15) is 12.8 Å². The minimum Gasteiger partial charge on any atom is -0.486 e. The molecule has 4 rings (SSSR count). The number of nitrogens with zero attached hydrogens (tertiary/aromatic N) is 1. The molecular weight excluding hydrogens is 361 g/mol. The van der Waals surface area contributed by atoms with Crippen molar-refractivity contribution in [3.05, 3.63) is 53.8 Å². The van der Waals surface area contributed by atoms with Crippen LogP contribution in [0.2, 0.25) is 0 Å². The van der Waals surface area contributed by atoms with Crippen LogP contribution in [0, 0.1) is 5.82 Å². The Kier molecular flexibility index (Phi) is 4.56. The van der Waals surface area contributed by atoms with Crippen molar-refractivity contribution in [2.24, 2.45) is 0 Å². The van der Waals surface area contributed by atoms with Crippen LogP contribution in [-0.4, -0.2) is 45.6 Å². The number of sulfonamides is 1. The second-order valence-corrected chi connectivity index (χ2v) is 7.99. The van der Waals surface area contributed by atoms with Crippen molar-refractivity contribution >= 4 is 10.0 Å². The molecule has 138 valence electrons. The molecule has 0 amide bonds. The molecule has 0 aromatic heterocycles. The first-order valence-electron chi connectivity index (χ1n) is 8.31. The maximum absolute atomic E-state index is 14.0. The Labute approximate surface area is 151 Å². The zero-order valence-corrected chi connectivity index (χ0v) is 14.7. The Morgan fingerprint density at radius 3 is 2.58 bits per heavy atom. The van der Waals surface area contributed by atoms with Crippen molar-refractivity contribution in [3.8, 4) is 11.5 Å². The standard InChI is InChI=1S/C18H18FNO5S/c19-15-4-2-1-3-14(15)18-12-20(7-8-23-18)26(21,22)13-5-6-16-17(11-13)25-10-9-24-16/h1-6,11,18H,7-10,12H2. The van der Waals surface area contributed by atoms with E-state index in [1.807, 2.05) is 0 Å². The molecule has 0 aliphatic carbocycles. The molecule has 2 aliphatic heterocycles. The molecule has 2 aromatic carbocycles. The number of halogens is 1. The average Bonchev–Trinajstić information content (AvgIpc) is 2.68. The van der Waals surface area contributed by atoms with Crippen LogP contribution < -0.4 is 9.47 Å². The SMILES string of the molecule is O=S(=O)(c1ccc2c(c1)OCCO2)N1CCOC(c2ccccc2F)C1. The highest BCUT2D eigenvalue weighted by Gasteiger charge is 2.33. The van der Waals surface area contributed by atoms with Crippen molar-refractivity contribution in [2.45, 2.75) is 11.0 Å². The highest BCUT2D eigenvalue weighted by molar-refractivity contribution is 7.89. The fraction of sp³-hybridized carbons (Fsp3) is 0.333. The van der Waals surface area contributed by atoms with Crippen LogP contribution in [0.4, 0.5) is 4.39 Å². The van der Waals surface area contributed by atoms with Gasteiger partial charge < -0.3 is 14.2 Å². The Morgan fingerprint density at radius 1 is 1.00 bits per heavy atom. The van der Waals surface area contributed by atoms with Crippen molar-refractivity contribution in [3.63, 3.8) is 0 Å². The molecular formula is C18H18FNO5S. The summed E-state index contributed by atoms with van der Waals surface area (Å²) in [5.74, 6) is 0.536. The summed E-state index contributed by atoms with van der Waals surface area (Å²) in [6.45, 7) is 1.28. The van der Waals surface area contributed by atoms with E-state index >= 15 is 0 Å². The topological polar surface area (TPSA) is 65.1 Å². The summed E-state index contributed by atoms with van der Waals surface area (Å²) in [5, 5.41) is 0. The Balaban J connectivity index is 1.60. The number of rotatable bonds is 3. The lowest BCUT2D eigenvalue weighted by Gasteiger charge is -2.32. The van der Waals surface area contributed by atoms with Crippen LogP contribution in [0.3, 0.4) is 0 Å². The quantitative estimate of drug-likeness (QED) is 0.819. The van der Waals surface area contributed by atoms with Crippen LogP contribution in [0.5, 0.6) is 11.5 Å². The molecule has 1 unspecified atom stereocenters. The normalized spacial score (nSPS) is 20.7. The summed E-state index contributed by atoms with van der Waals surface area (Å²) in [6.07, 6.45) is -0.642. The summed E-state index contributed by atoms with van der Waals surface area (Å²) >= 11 is 0. The lowest BCUT2D eigenvalue weighted by Crippen LogP contribution is -2.42. The predicted octanol–water partition coefficient (Wildman–Crippen LogP) is 2.36. The van der Waals surface area contributed by atoms with E-state index in [1.54, 1.807) is 24.3 Å². The van der Waals surface area contributed by atoms with Crippen molar-refractivity contribution in [2.75, 3.05) is 32.9 Å². The van der Waals surface area contributed by atoms with E-state index < -0.39 is 21.9 Å². The summed E-state index contributed by atoms with van der Waals surface area (Å²) in [4.78, 5) is 0.121. The zero-order valence-electron chi connectivity index (χ0n) is 13.9. The van der Waals surface area contributed by atoms with Gasteiger partial charge in [-0.3, -0.25) is 0 Å². The number of hydrogen-bond donors (Lipinski definition) is 0. The second kappa shape index (κ2) is 6.86. The minimum absolute atomic E-state index is 0.0533. The Hall–Kier alpha value is -2.16. The third-order valence-electron chi connectivity index (χ3n) is 4.43. The van der Waals surface area contributed by atoms with E-state index in [4.69, 9.17) is 14.2 Å². The first kappa shape index (κ1) is 17.3. The highest BCUT2D eigenvalue weighted by atomic mass is 32.2. The van der Waals surface area contributed by atoms with Crippen molar-refractivity contribution < 1.29 is 27.0 Å². The van der Waals surface area contributed by atoms with Gasteiger partial charge in [-0.2, -0.15) is 4.31 Å². The summed E-state index contributed by atoms with van der Waals surface area (Å²) in [7, 11) is -3.75. The van der Waals surface area contributed by atoms with Gasteiger partial charge in [0.05, 0.1) is 17.6 Å². The fourth-order valence-corrected chi connectivity index (χ4v) is 4.54. The maximum atomic E-state index is 14.0. The second-order valence-electron chi connectivity index (χ2n) is 6.05. The monoisotopic (exact) mass is 379 g/mol. The summed E-state index contributed by atoms with van der Waals surface area (Å²) in [5.41, 5.74) is 0.356. The highest BCUT2D eigenvalue weighted by Crippen LogP contribution is 2.34. The number of morpholine rings is 1. The summed E-state index contributed by atoms with van der Waals surface area (Å²) in [6, 6.07) is 10.8. The molecule has 8 heteroatoms. The molecule has 0 saturated carbocycles. The lowest BCUT2D eigenvalue weighted by atomic mass is 10.1. The maximum Gasteiger partial charge on any atom is 0.243 e. The lowest BCUT2D eigenvalue weighted by molar-refractivity contribution is -0.00443. The van der Waals surface area contributed by atoms with Gasteiger partial charge in [-0.25, -0.2) is 12.8 Å². The van der Waals surface area contributed by atoms with Gasteiger partial charge in [0.15, 0.2) is 11.5 Å². The largest absolute Gasteiger partial charge is 0.486 e. The van der Waals surface area contributed by atoms with Crippen LogP contribution in [0.1, 0.15) is 11.7 Å². The van der Waals surface area contributed by atoms with Gasteiger partial charge in [0.25, 0.3) is 0 Å². The number of fused-ring (bicyclic) bond motifs is 1. The molecule has 2 aromatic rings. The van der Waals surface area contributed by atoms with E-state index in [0.717, 1.165) is 0 Å². The molecule has 1 atom stereocenters. The first-order chi connectivity index (χ1) is 12.6. The Bertz CT molecular complexity index is 918. The molecule has 0 N–H and O–H groups in total. The molecule has 0 spiro atoms. The molecule has 2 aliphatic rings. The molecule has 26 heavy (non-hydrogen) atoms. The average molecular weight is 379 g/mol. The van der Waals surface area contributed by atoms with E-state index in [0.29, 0.717) is 30.3 Å². The number of hydrogen-bond acceptors (Lipinski definition) is 5. The van der Waals surface area contributed by atoms with Crippen LogP contribution in [0.25, 0.3) is 0 Å². The first-order valence-corrected chi connectivity index (χ1v) is 9.75. The van der Waals surface area contributed by atoms with Gasteiger partial charge in [-0.05, 0) is 18.2 Å². The molecule has 2 heterocycles. The van der Waals surface area contributed by atoms with Gasteiger partial charge in [0.2, 0.25) is 10.0 Å². The fourth-order valence-electron chi connectivity index (χ4n) is 3.10. The molecule has 0 radical (unpaired) electrons. The minimum atomic E-state index is -3.75. The molecule has 6 nitrogen and oxygen atoms in total. The van der Waals surface area contributed by atoms with Crippen LogP contribution in [-0.2, 0) is 14.8 Å². The van der Waals surface area contributed by atoms with Crippen molar-refractivity contribution in [1.29, 1.82) is 0 Å². The molecule has 1 saturated heterocycles. The smallest absolute Gasteiger partial charge is 0.243 e. The van der Waals surface area contributed by atoms with Gasteiger partial charge in [-0.1, -0.05) is 18.2 Å². The summed E-state index contributed by atoms with van der Waals surface area (Å²) < 4.78 is 57.9. The Morgan fingerprint density at radius 2 is 1.77 bits per heavy atom. The number of benzene rings is 2. The predicted molar refractivity (Wildman–Crippen MR) is 91.3 cm³/mol. The van der Waals surface area contributed by atoms with Gasteiger partial charge in [-0.15, -0.1) is 0 Å². The van der Waals surface area contributed by atoms with E-state index in [-0.39, 0.29) is 24.6 Å². The molecule has 0 bridgehead atoms. The van der Waals surface area contributed by atoms with E-state index in [2.05, 4.69) is 0 Å². The van der Waals surface area contributed by atoms with Crippen LogP contribution in [0.15, 0.2) is 47.4 Å². The van der Waals surface area contributed by atoms with E-state index in [1.165, 1.54) is 22.5 Å². The van der Waals surface area contributed by atoms with Gasteiger partial charge >= 0.3 is 0 Å². The van der Waals surface area contributed by atoms with Crippen LogP contribution >= 0.6 is 0 Å². The van der Waals surface area contributed by atoms with Crippen molar-refractivity contribution in [1.82, 2.24) is 4.31 Å². The van der Waals surface area contributed by atoms with Gasteiger partial charge in [0.1, 0.15) is 19.0 Å². The zero-order chi connectivity index (χ0) is 18.1. The third-order valence-corrected chi connectivity index (χ3v) is 6.29. The third kappa shape index (κ3) is 3.15.